The second-order valence-electron chi connectivity index (χ2n) is 6.96. The molecule has 0 aliphatic rings. The molecule has 1 N–H and O–H groups in total. The Hall–Kier alpha value is -3.81. The molecule has 7 heteroatoms. The minimum absolute atomic E-state index is 0.0634. The van der Waals surface area contributed by atoms with Gasteiger partial charge in [0, 0.05) is 26.8 Å². The van der Waals surface area contributed by atoms with Crippen LogP contribution in [0.2, 0.25) is 0 Å². The van der Waals surface area contributed by atoms with Crippen LogP contribution >= 0.6 is 22.7 Å². The first-order valence-corrected chi connectivity index (χ1v) is 11.3. The molecule has 0 spiro atoms. The molecule has 0 radical (unpaired) electrons. The zero-order chi connectivity index (χ0) is 22.1. The molecule has 0 aliphatic carbocycles. The number of thiazole rings is 1. The molecule has 5 aromatic rings. The number of carbonyl (C=O) groups is 2. The summed E-state index contributed by atoms with van der Waals surface area (Å²) in [6, 6.07) is 21.9. The minimum atomic E-state index is -0.0634. The Morgan fingerprint density at radius 2 is 1.72 bits per heavy atom. The number of ketones is 1. The molecule has 2 heterocycles. The van der Waals surface area contributed by atoms with Gasteiger partial charge in [0.1, 0.15) is 11.4 Å². The zero-order valence-electron chi connectivity index (χ0n) is 16.5. The number of carbonyl (C=O) groups excluding carboxylic acids is 2. The maximum Gasteiger partial charge on any atom is 0.299 e. The van der Waals surface area contributed by atoms with Gasteiger partial charge < -0.3 is 9.84 Å². The largest absolute Gasteiger partial charge is 0.508 e. The lowest BCUT2D eigenvalue weighted by Crippen LogP contribution is -2.00. The fourth-order valence-electron chi connectivity index (χ4n) is 3.60. The van der Waals surface area contributed by atoms with E-state index in [-0.39, 0.29) is 11.5 Å². The number of hydrogen-bond acceptors (Lipinski definition) is 7. The lowest BCUT2D eigenvalue weighted by Gasteiger charge is -2.07. The van der Waals surface area contributed by atoms with Crippen molar-refractivity contribution in [2.45, 2.75) is 0 Å². The predicted molar refractivity (Wildman–Crippen MR) is 127 cm³/mol. The fraction of sp³-hybridized carbons (Fsp3) is 0. The fourth-order valence-corrected chi connectivity index (χ4v) is 5.45. The van der Waals surface area contributed by atoms with E-state index in [4.69, 9.17) is 4.74 Å². The third-order valence-electron chi connectivity index (χ3n) is 5.05. The Balaban J connectivity index is 1.64. The lowest BCUT2D eigenvalue weighted by molar-refractivity contribution is -0.120. The van der Waals surface area contributed by atoms with Crippen molar-refractivity contribution in [3.05, 3.63) is 88.7 Å². The van der Waals surface area contributed by atoms with Crippen molar-refractivity contribution in [2.24, 2.45) is 0 Å². The van der Waals surface area contributed by atoms with E-state index >= 15 is 0 Å². The first-order chi connectivity index (χ1) is 15.7. The number of aromatic hydroxyl groups is 1. The van der Waals surface area contributed by atoms with Gasteiger partial charge in [-0.1, -0.05) is 65.9 Å². The van der Waals surface area contributed by atoms with E-state index in [1.807, 2.05) is 48.5 Å². The smallest absolute Gasteiger partial charge is 0.299 e. The number of fused-ring (bicyclic) bond motifs is 1. The molecule has 0 amide bonds. The molecule has 0 bridgehead atoms. The number of ether oxygens (including phenoxy) is 1. The van der Waals surface area contributed by atoms with Gasteiger partial charge in [0.2, 0.25) is 10.8 Å². The Morgan fingerprint density at radius 3 is 2.47 bits per heavy atom. The number of benzene rings is 3. The molecule has 0 unspecified atom stereocenters. The summed E-state index contributed by atoms with van der Waals surface area (Å²) in [5.74, 6) is 0.0946. The van der Waals surface area contributed by atoms with E-state index in [0.29, 0.717) is 27.7 Å². The van der Waals surface area contributed by atoms with Gasteiger partial charge in [-0.2, -0.15) is 0 Å². The Morgan fingerprint density at radius 1 is 0.969 bits per heavy atom. The van der Waals surface area contributed by atoms with E-state index in [0.717, 1.165) is 26.8 Å². The molecular weight excluding hydrogens is 442 g/mol. The Labute approximate surface area is 191 Å². The molecule has 0 saturated carbocycles. The molecule has 0 aliphatic heterocycles. The van der Waals surface area contributed by atoms with Crippen LogP contribution in [0.4, 0.5) is 0 Å². The number of nitrogens with zero attached hydrogens (tertiary/aromatic N) is 1. The molecule has 5 rings (SSSR count). The van der Waals surface area contributed by atoms with Crippen molar-refractivity contribution < 1.29 is 19.4 Å². The standard InChI is InChI=1S/C25H15NO4S2/c27-14-30-25-22(26-13-31-25)16-8-6-15(7-9-16)21-19-11-10-18(28)12-20(19)32-24(21)23(29)17-4-2-1-3-5-17/h1-14,28H. The highest BCUT2D eigenvalue weighted by atomic mass is 32.1. The first-order valence-electron chi connectivity index (χ1n) is 9.65. The van der Waals surface area contributed by atoms with Crippen LogP contribution in [0.15, 0.2) is 78.3 Å². The number of phenolic OH excluding ortho intramolecular Hbond substituents is 1. The van der Waals surface area contributed by atoms with E-state index < -0.39 is 0 Å². The molecule has 0 saturated heterocycles. The summed E-state index contributed by atoms with van der Waals surface area (Å²) in [5.41, 5.74) is 5.33. The summed E-state index contributed by atoms with van der Waals surface area (Å²) in [6.07, 6.45) is 0. The van der Waals surface area contributed by atoms with Crippen molar-refractivity contribution >= 4 is 45.0 Å². The number of phenols is 1. The molecule has 2 aromatic heterocycles. The normalized spacial score (nSPS) is 10.9. The molecule has 156 valence electrons. The van der Waals surface area contributed by atoms with Crippen LogP contribution in [0.25, 0.3) is 32.5 Å². The zero-order valence-corrected chi connectivity index (χ0v) is 18.2. The van der Waals surface area contributed by atoms with Crippen LogP contribution in [0.1, 0.15) is 15.2 Å². The predicted octanol–water partition coefficient (Wildman–Crippen LogP) is 6.16. The van der Waals surface area contributed by atoms with Gasteiger partial charge in [0.05, 0.1) is 10.4 Å². The van der Waals surface area contributed by atoms with Gasteiger partial charge in [-0.15, -0.1) is 11.3 Å². The van der Waals surface area contributed by atoms with Gasteiger partial charge in [-0.3, -0.25) is 9.59 Å². The molecule has 0 fully saturated rings. The van der Waals surface area contributed by atoms with Crippen LogP contribution in [-0.2, 0) is 4.79 Å². The summed E-state index contributed by atoms with van der Waals surface area (Å²) in [5, 5.41) is 11.3. The molecule has 0 atom stereocenters. The maximum absolute atomic E-state index is 13.4. The van der Waals surface area contributed by atoms with E-state index in [2.05, 4.69) is 4.98 Å². The highest BCUT2D eigenvalue weighted by molar-refractivity contribution is 7.21. The Bertz CT molecular complexity index is 1440. The summed E-state index contributed by atoms with van der Waals surface area (Å²) in [6.45, 7) is 0.389. The quantitative estimate of drug-likeness (QED) is 0.244. The van der Waals surface area contributed by atoms with Crippen molar-refractivity contribution in [3.8, 4) is 33.2 Å². The minimum Gasteiger partial charge on any atom is -0.508 e. The SMILES string of the molecule is O=COc1scnc1-c1ccc(-c2c(C(=O)c3ccccc3)sc3cc(O)ccc23)cc1. The number of hydrogen-bond donors (Lipinski definition) is 1. The van der Waals surface area contributed by atoms with Crippen LogP contribution in [0, 0.1) is 0 Å². The highest BCUT2D eigenvalue weighted by Gasteiger charge is 2.21. The molecule has 5 nitrogen and oxygen atoms in total. The average Bonchev–Trinajstić information content (AvgIpc) is 3.44. The van der Waals surface area contributed by atoms with E-state index in [1.54, 1.807) is 29.8 Å². The first kappa shape index (κ1) is 20.1. The topological polar surface area (TPSA) is 76.5 Å². The summed E-state index contributed by atoms with van der Waals surface area (Å²) < 4.78 is 5.85. The van der Waals surface area contributed by atoms with Crippen molar-refractivity contribution in [2.75, 3.05) is 0 Å². The lowest BCUT2D eigenvalue weighted by atomic mass is 9.97. The second-order valence-corrected chi connectivity index (χ2v) is 8.83. The highest BCUT2D eigenvalue weighted by Crippen LogP contribution is 2.42. The molecule has 3 aromatic carbocycles. The second kappa shape index (κ2) is 8.37. The van der Waals surface area contributed by atoms with E-state index in [1.165, 1.54) is 22.7 Å². The average molecular weight is 458 g/mol. The number of rotatable bonds is 6. The molecular formula is C25H15NO4S2. The third kappa shape index (κ3) is 3.57. The van der Waals surface area contributed by atoms with E-state index in [9.17, 15) is 14.7 Å². The third-order valence-corrected chi connectivity index (χ3v) is 6.92. The van der Waals surface area contributed by atoms with Crippen molar-refractivity contribution in [3.63, 3.8) is 0 Å². The summed E-state index contributed by atoms with van der Waals surface area (Å²) in [4.78, 5) is 29.0. The van der Waals surface area contributed by atoms with Crippen LogP contribution in [0.5, 0.6) is 10.8 Å². The maximum atomic E-state index is 13.4. The van der Waals surface area contributed by atoms with Gasteiger partial charge in [0.15, 0.2) is 0 Å². The summed E-state index contributed by atoms with van der Waals surface area (Å²) >= 11 is 2.61. The van der Waals surface area contributed by atoms with Gasteiger partial charge >= 0.3 is 0 Å². The number of thiophene rings is 1. The van der Waals surface area contributed by atoms with Crippen LogP contribution < -0.4 is 4.74 Å². The number of aromatic nitrogens is 1. The van der Waals surface area contributed by atoms with Gasteiger partial charge in [0.25, 0.3) is 6.47 Å². The summed E-state index contributed by atoms with van der Waals surface area (Å²) in [7, 11) is 0. The van der Waals surface area contributed by atoms with Crippen molar-refractivity contribution in [1.29, 1.82) is 0 Å². The van der Waals surface area contributed by atoms with Gasteiger partial charge in [-0.05, 0) is 23.8 Å². The van der Waals surface area contributed by atoms with Crippen LogP contribution in [-0.4, -0.2) is 22.3 Å². The van der Waals surface area contributed by atoms with Crippen molar-refractivity contribution in [1.82, 2.24) is 4.98 Å². The monoisotopic (exact) mass is 457 g/mol. The van der Waals surface area contributed by atoms with Crippen LogP contribution in [0.3, 0.4) is 0 Å². The van der Waals surface area contributed by atoms with Gasteiger partial charge in [-0.25, -0.2) is 4.98 Å². The Kier molecular flexibility index (Phi) is 5.26. The molecule has 32 heavy (non-hydrogen) atoms.